The molecule has 0 aromatic heterocycles. The maximum atomic E-state index is 12.6. The molecule has 3 fully saturated rings. The van der Waals surface area contributed by atoms with Crippen LogP contribution >= 0.6 is 0 Å². The normalized spacial score (nSPS) is 25.6. The molecule has 1 saturated heterocycles. The minimum absolute atomic E-state index is 0.171. The summed E-state index contributed by atoms with van der Waals surface area (Å²) in [5.74, 6) is 1.51. The smallest absolute Gasteiger partial charge is 0.225 e. The van der Waals surface area contributed by atoms with Gasteiger partial charge in [-0.2, -0.15) is 0 Å². The summed E-state index contributed by atoms with van der Waals surface area (Å²) >= 11 is 0. The standard InChI is InChI=1S/C19H34N4O3S/c1-3-20-18(21-13-19(9-10-19)14-27(2,25)26)22-16-8-11-23(12-16)17(24)15-6-4-5-7-15/h15-16H,3-14H2,1-2H3,(H2,20,21,22). The van der Waals surface area contributed by atoms with E-state index >= 15 is 0 Å². The second-order valence-corrected chi connectivity index (χ2v) is 10.8. The van der Waals surface area contributed by atoms with Crippen LogP contribution in [-0.2, 0) is 14.6 Å². The molecule has 2 aliphatic carbocycles. The minimum atomic E-state index is -2.98. The monoisotopic (exact) mass is 398 g/mol. The van der Waals surface area contributed by atoms with Gasteiger partial charge in [0.1, 0.15) is 9.84 Å². The number of guanidine groups is 1. The molecule has 0 radical (unpaired) electrons. The van der Waals surface area contributed by atoms with Crippen LogP contribution in [0, 0.1) is 11.3 Å². The molecule has 7 nitrogen and oxygen atoms in total. The third kappa shape index (κ3) is 5.83. The topological polar surface area (TPSA) is 90.9 Å². The second kappa shape index (κ2) is 8.37. The lowest BCUT2D eigenvalue weighted by Gasteiger charge is -2.22. The number of amides is 1. The largest absolute Gasteiger partial charge is 0.357 e. The van der Waals surface area contributed by atoms with Crippen LogP contribution < -0.4 is 10.6 Å². The fourth-order valence-corrected chi connectivity index (χ4v) is 5.84. The van der Waals surface area contributed by atoms with E-state index in [0.29, 0.717) is 12.5 Å². The molecule has 1 aliphatic heterocycles. The van der Waals surface area contributed by atoms with E-state index in [1.807, 2.05) is 11.8 Å². The Morgan fingerprint density at radius 1 is 1.22 bits per heavy atom. The van der Waals surface area contributed by atoms with Crippen LogP contribution in [0.3, 0.4) is 0 Å². The highest BCUT2D eigenvalue weighted by atomic mass is 32.2. The van der Waals surface area contributed by atoms with E-state index in [1.165, 1.54) is 19.1 Å². The number of aliphatic imine (C=N–C) groups is 1. The maximum Gasteiger partial charge on any atom is 0.225 e. The molecule has 3 aliphatic rings. The molecule has 154 valence electrons. The Bertz CT molecular complexity index is 666. The van der Waals surface area contributed by atoms with Gasteiger partial charge in [0.25, 0.3) is 0 Å². The van der Waals surface area contributed by atoms with Gasteiger partial charge in [0.2, 0.25) is 5.91 Å². The van der Waals surface area contributed by atoms with Crippen LogP contribution in [0.15, 0.2) is 4.99 Å². The van der Waals surface area contributed by atoms with Gasteiger partial charge in [0, 0.05) is 49.8 Å². The van der Waals surface area contributed by atoms with Gasteiger partial charge in [0.05, 0.1) is 5.75 Å². The zero-order valence-electron chi connectivity index (χ0n) is 16.7. The van der Waals surface area contributed by atoms with Gasteiger partial charge < -0.3 is 15.5 Å². The average molecular weight is 399 g/mol. The predicted molar refractivity (Wildman–Crippen MR) is 107 cm³/mol. The number of carbonyl (C=O) groups is 1. The summed E-state index contributed by atoms with van der Waals surface area (Å²) in [5.41, 5.74) is -0.171. The van der Waals surface area contributed by atoms with Crippen LogP contribution in [0.25, 0.3) is 0 Å². The Morgan fingerprint density at radius 2 is 1.93 bits per heavy atom. The van der Waals surface area contributed by atoms with E-state index in [-0.39, 0.29) is 23.1 Å². The molecule has 8 heteroatoms. The van der Waals surface area contributed by atoms with E-state index in [9.17, 15) is 13.2 Å². The lowest BCUT2D eigenvalue weighted by Crippen LogP contribution is -2.45. The molecule has 1 unspecified atom stereocenters. The Labute approximate surface area is 163 Å². The van der Waals surface area contributed by atoms with E-state index in [4.69, 9.17) is 0 Å². The van der Waals surface area contributed by atoms with Crippen molar-refractivity contribution in [2.45, 2.75) is 57.9 Å². The average Bonchev–Trinajstić information content (AvgIpc) is 3.04. The Morgan fingerprint density at radius 3 is 2.52 bits per heavy atom. The Hall–Kier alpha value is -1.31. The molecule has 0 bridgehead atoms. The number of hydrogen-bond acceptors (Lipinski definition) is 4. The number of carbonyl (C=O) groups excluding carboxylic acids is 1. The van der Waals surface area contributed by atoms with Crippen molar-refractivity contribution in [2.75, 3.05) is 38.2 Å². The summed E-state index contributed by atoms with van der Waals surface area (Å²) in [5, 5.41) is 6.71. The van der Waals surface area contributed by atoms with E-state index in [2.05, 4.69) is 15.6 Å². The number of likely N-dealkylation sites (tertiary alicyclic amines) is 1. The summed E-state index contributed by atoms with van der Waals surface area (Å²) in [7, 11) is -2.98. The third-order valence-corrected chi connectivity index (χ3v) is 7.12. The summed E-state index contributed by atoms with van der Waals surface area (Å²) < 4.78 is 23.3. The first-order chi connectivity index (χ1) is 12.8. The molecule has 0 aromatic rings. The second-order valence-electron chi connectivity index (χ2n) is 8.66. The Kier molecular flexibility index (Phi) is 6.33. The minimum Gasteiger partial charge on any atom is -0.357 e. The van der Waals surface area contributed by atoms with Crippen molar-refractivity contribution in [1.29, 1.82) is 0 Å². The van der Waals surface area contributed by atoms with Gasteiger partial charge in [-0.25, -0.2) is 8.42 Å². The molecule has 2 N–H and O–H groups in total. The zero-order chi connectivity index (χ0) is 19.5. The van der Waals surface area contributed by atoms with Crippen LogP contribution in [0.1, 0.15) is 51.9 Å². The highest BCUT2D eigenvalue weighted by Gasteiger charge is 2.45. The van der Waals surface area contributed by atoms with Crippen molar-refractivity contribution >= 4 is 21.7 Å². The van der Waals surface area contributed by atoms with Crippen molar-refractivity contribution in [3.8, 4) is 0 Å². The molecule has 2 saturated carbocycles. The number of hydrogen-bond donors (Lipinski definition) is 2. The molecular weight excluding hydrogens is 364 g/mol. The van der Waals surface area contributed by atoms with E-state index in [0.717, 1.165) is 57.7 Å². The summed E-state index contributed by atoms with van der Waals surface area (Å²) in [6.07, 6.45) is 8.52. The third-order valence-electron chi connectivity index (χ3n) is 5.99. The first-order valence-electron chi connectivity index (χ1n) is 10.3. The van der Waals surface area contributed by atoms with Crippen molar-refractivity contribution < 1.29 is 13.2 Å². The first-order valence-corrected chi connectivity index (χ1v) is 12.4. The number of nitrogens with zero attached hydrogens (tertiary/aromatic N) is 2. The predicted octanol–water partition coefficient (Wildman–Crippen LogP) is 1.16. The molecule has 0 spiro atoms. The zero-order valence-corrected chi connectivity index (χ0v) is 17.5. The first kappa shape index (κ1) is 20.4. The van der Waals surface area contributed by atoms with Crippen molar-refractivity contribution in [2.24, 2.45) is 16.3 Å². The lowest BCUT2D eigenvalue weighted by molar-refractivity contribution is -0.134. The van der Waals surface area contributed by atoms with Gasteiger partial charge >= 0.3 is 0 Å². The van der Waals surface area contributed by atoms with Crippen LogP contribution in [0.2, 0.25) is 0 Å². The number of sulfone groups is 1. The quantitative estimate of drug-likeness (QED) is 0.496. The van der Waals surface area contributed by atoms with Gasteiger partial charge in [-0.15, -0.1) is 0 Å². The van der Waals surface area contributed by atoms with Crippen molar-refractivity contribution in [3.05, 3.63) is 0 Å². The molecule has 27 heavy (non-hydrogen) atoms. The molecular formula is C19H34N4O3S. The highest BCUT2D eigenvalue weighted by molar-refractivity contribution is 7.90. The molecule has 1 amide bonds. The number of rotatable bonds is 7. The summed E-state index contributed by atoms with van der Waals surface area (Å²) in [6.45, 7) is 4.85. The van der Waals surface area contributed by atoms with Gasteiger partial charge in [0.15, 0.2) is 5.96 Å². The summed E-state index contributed by atoms with van der Waals surface area (Å²) in [4.78, 5) is 19.3. The molecule has 1 heterocycles. The van der Waals surface area contributed by atoms with E-state index < -0.39 is 9.84 Å². The highest BCUT2D eigenvalue weighted by Crippen LogP contribution is 2.46. The molecule has 0 aromatic carbocycles. The fourth-order valence-electron chi connectivity index (χ4n) is 4.35. The van der Waals surface area contributed by atoms with Crippen LogP contribution in [0.4, 0.5) is 0 Å². The van der Waals surface area contributed by atoms with Gasteiger partial charge in [-0.3, -0.25) is 9.79 Å². The molecule has 3 rings (SSSR count). The van der Waals surface area contributed by atoms with Crippen LogP contribution in [0.5, 0.6) is 0 Å². The van der Waals surface area contributed by atoms with Crippen molar-refractivity contribution in [3.63, 3.8) is 0 Å². The van der Waals surface area contributed by atoms with Gasteiger partial charge in [-0.05, 0) is 39.0 Å². The van der Waals surface area contributed by atoms with Crippen LogP contribution in [-0.4, -0.2) is 69.4 Å². The summed E-state index contributed by atoms with van der Waals surface area (Å²) in [6, 6.07) is 0.207. The maximum absolute atomic E-state index is 12.6. The molecule has 1 atom stereocenters. The fraction of sp³-hybridized carbons (Fsp3) is 0.895. The lowest BCUT2D eigenvalue weighted by atomic mass is 10.1. The van der Waals surface area contributed by atoms with Gasteiger partial charge in [-0.1, -0.05) is 12.8 Å². The van der Waals surface area contributed by atoms with E-state index in [1.54, 1.807) is 0 Å². The van der Waals surface area contributed by atoms with Crippen molar-refractivity contribution in [1.82, 2.24) is 15.5 Å². The Balaban J connectivity index is 1.53. The SMILES string of the molecule is CCNC(=NCC1(CS(C)(=O)=O)CC1)NC1CCN(C(=O)C2CCCC2)C1. The number of nitrogens with one attached hydrogen (secondary N) is 2.